The van der Waals surface area contributed by atoms with Crippen molar-refractivity contribution in [1.82, 2.24) is 0 Å². The zero-order valence-electron chi connectivity index (χ0n) is 8.90. The molecule has 0 bridgehead atoms. The van der Waals surface area contributed by atoms with Crippen LogP contribution in [0.15, 0.2) is 53.6 Å². The summed E-state index contributed by atoms with van der Waals surface area (Å²) in [5.74, 6) is -0.266. The third kappa shape index (κ3) is 3.57. The minimum absolute atomic E-state index is 0.266. The third-order valence-corrected chi connectivity index (χ3v) is 2.37. The average molecular weight is 249 g/mol. The molecule has 2 aromatic carbocycles. The molecule has 0 saturated carbocycles. The Labute approximate surface area is 104 Å². The SMILES string of the molecule is Fc1ccc(N/N=C\c2ccc(Cl)cc2)cc1. The Bertz CT molecular complexity index is 506. The fourth-order valence-corrected chi connectivity index (χ4v) is 1.38. The highest BCUT2D eigenvalue weighted by Crippen LogP contribution is 2.09. The molecule has 4 heteroatoms. The second-order valence-electron chi connectivity index (χ2n) is 3.43. The molecule has 2 nitrogen and oxygen atoms in total. The van der Waals surface area contributed by atoms with Gasteiger partial charge in [-0.05, 0) is 42.0 Å². The van der Waals surface area contributed by atoms with Crippen LogP contribution in [0.1, 0.15) is 5.56 Å². The second kappa shape index (κ2) is 5.46. The smallest absolute Gasteiger partial charge is 0.123 e. The molecule has 0 amide bonds. The summed E-state index contributed by atoms with van der Waals surface area (Å²) in [4.78, 5) is 0. The molecule has 0 aromatic heterocycles. The Morgan fingerprint density at radius 1 is 1.00 bits per heavy atom. The average Bonchev–Trinajstić information content (AvgIpc) is 2.34. The molecule has 0 spiro atoms. The maximum absolute atomic E-state index is 12.6. The van der Waals surface area contributed by atoms with Crippen LogP contribution in [0.2, 0.25) is 5.02 Å². The van der Waals surface area contributed by atoms with E-state index in [1.807, 2.05) is 12.1 Å². The molecule has 86 valence electrons. The standard InChI is InChI=1S/C13H10ClFN2/c14-11-3-1-10(2-4-11)9-16-17-13-7-5-12(15)6-8-13/h1-9,17H/b16-9-. The van der Waals surface area contributed by atoms with E-state index in [2.05, 4.69) is 10.5 Å². The lowest BCUT2D eigenvalue weighted by atomic mass is 10.2. The van der Waals surface area contributed by atoms with Crippen molar-refractivity contribution in [3.63, 3.8) is 0 Å². The van der Waals surface area contributed by atoms with E-state index in [0.29, 0.717) is 5.02 Å². The molecule has 2 aromatic rings. The van der Waals surface area contributed by atoms with Gasteiger partial charge in [0.05, 0.1) is 11.9 Å². The highest BCUT2D eigenvalue weighted by atomic mass is 35.5. The minimum Gasteiger partial charge on any atom is -0.279 e. The fraction of sp³-hybridized carbons (Fsp3) is 0. The third-order valence-electron chi connectivity index (χ3n) is 2.12. The predicted molar refractivity (Wildman–Crippen MR) is 69.1 cm³/mol. The van der Waals surface area contributed by atoms with E-state index in [9.17, 15) is 4.39 Å². The van der Waals surface area contributed by atoms with Crippen molar-refractivity contribution in [2.45, 2.75) is 0 Å². The lowest BCUT2D eigenvalue weighted by Crippen LogP contribution is -1.90. The van der Waals surface area contributed by atoms with Gasteiger partial charge in [-0.3, -0.25) is 5.43 Å². The van der Waals surface area contributed by atoms with E-state index < -0.39 is 0 Å². The van der Waals surface area contributed by atoms with Crippen LogP contribution in [0.3, 0.4) is 0 Å². The van der Waals surface area contributed by atoms with Gasteiger partial charge in [-0.25, -0.2) is 4.39 Å². The van der Waals surface area contributed by atoms with Crippen molar-refractivity contribution in [1.29, 1.82) is 0 Å². The van der Waals surface area contributed by atoms with Gasteiger partial charge in [-0.15, -0.1) is 0 Å². The highest BCUT2D eigenvalue weighted by Gasteiger charge is 1.91. The molecular formula is C13H10ClFN2. The van der Waals surface area contributed by atoms with E-state index in [4.69, 9.17) is 11.6 Å². The van der Waals surface area contributed by atoms with Crippen molar-refractivity contribution >= 4 is 23.5 Å². The summed E-state index contributed by atoms with van der Waals surface area (Å²) in [5.41, 5.74) is 4.47. The Morgan fingerprint density at radius 2 is 1.65 bits per heavy atom. The summed E-state index contributed by atoms with van der Waals surface area (Å²) in [6.07, 6.45) is 1.67. The molecule has 1 N–H and O–H groups in total. The van der Waals surface area contributed by atoms with Crippen molar-refractivity contribution in [2.24, 2.45) is 5.10 Å². The molecule has 0 heterocycles. The molecular weight excluding hydrogens is 239 g/mol. The Morgan fingerprint density at radius 3 is 2.29 bits per heavy atom. The van der Waals surface area contributed by atoms with E-state index in [-0.39, 0.29) is 5.82 Å². The van der Waals surface area contributed by atoms with Gasteiger partial charge >= 0.3 is 0 Å². The minimum atomic E-state index is -0.266. The summed E-state index contributed by atoms with van der Waals surface area (Å²) in [7, 11) is 0. The van der Waals surface area contributed by atoms with Crippen LogP contribution in [-0.4, -0.2) is 6.21 Å². The highest BCUT2D eigenvalue weighted by molar-refractivity contribution is 6.30. The lowest BCUT2D eigenvalue weighted by Gasteiger charge is -1.99. The summed E-state index contributed by atoms with van der Waals surface area (Å²) < 4.78 is 12.6. The number of hydrogen-bond donors (Lipinski definition) is 1. The molecule has 17 heavy (non-hydrogen) atoms. The zero-order chi connectivity index (χ0) is 12.1. The molecule has 0 radical (unpaired) electrons. The van der Waals surface area contributed by atoms with Crippen LogP contribution >= 0.6 is 11.6 Å². The van der Waals surface area contributed by atoms with Gasteiger partial charge < -0.3 is 0 Å². The number of nitrogens with zero attached hydrogens (tertiary/aromatic N) is 1. The molecule has 0 aliphatic carbocycles. The number of rotatable bonds is 3. The quantitative estimate of drug-likeness (QED) is 0.646. The van der Waals surface area contributed by atoms with E-state index in [1.54, 1.807) is 30.5 Å². The van der Waals surface area contributed by atoms with Gasteiger partial charge in [0, 0.05) is 5.02 Å². The number of nitrogens with one attached hydrogen (secondary N) is 1. The number of hydrazone groups is 1. The number of anilines is 1. The van der Waals surface area contributed by atoms with Crippen LogP contribution in [0, 0.1) is 5.82 Å². The fourth-order valence-electron chi connectivity index (χ4n) is 1.25. The Kier molecular flexibility index (Phi) is 3.73. The maximum atomic E-state index is 12.6. The van der Waals surface area contributed by atoms with Crippen molar-refractivity contribution in [3.8, 4) is 0 Å². The molecule has 0 fully saturated rings. The summed E-state index contributed by atoms with van der Waals surface area (Å²) in [5, 5.41) is 4.72. The van der Waals surface area contributed by atoms with Gasteiger partial charge in [-0.2, -0.15) is 5.10 Å². The van der Waals surface area contributed by atoms with Gasteiger partial charge in [0.25, 0.3) is 0 Å². The summed E-state index contributed by atoms with van der Waals surface area (Å²) in [6.45, 7) is 0. The predicted octanol–water partition coefficient (Wildman–Crippen LogP) is 3.93. The van der Waals surface area contributed by atoms with Crippen LogP contribution < -0.4 is 5.43 Å². The van der Waals surface area contributed by atoms with Crippen molar-refractivity contribution in [3.05, 3.63) is 64.9 Å². The first-order valence-corrected chi connectivity index (χ1v) is 5.42. The molecule has 0 unspecified atom stereocenters. The first-order valence-electron chi connectivity index (χ1n) is 5.04. The molecule has 0 aliphatic heterocycles. The molecule has 0 saturated heterocycles. The van der Waals surface area contributed by atoms with Gasteiger partial charge in [0.15, 0.2) is 0 Å². The largest absolute Gasteiger partial charge is 0.279 e. The van der Waals surface area contributed by atoms with Gasteiger partial charge in [0.2, 0.25) is 0 Å². The monoisotopic (exact) mass is 248 g/mol. The topological polar surface area (TPSA) is 24.4 Å². The van der Waals surface area contributed by atoms with E-state index >= 15 is 0 Å². The van der Waals surface area contributed by atoms with Crippen molar-refractivity contribution < 1.29 is 4.39 Å². The Hall–Kier alpha value is -1.87. The van der Waals surface area contributed by atoms with Crippen molar-refractivity contribution in [2.75, 3.05) is 5.43 Å². The molecule has 0 atom stereocenters. The van der Waals surface area contributed by atoms with Gasteiger partial charge in [-0.1, -0.05) is 23.7 Å². The number of benzene rings is 2. The first kappa shape index (κ1) is 11.6. The normalized spacial score (nSPS) is 10.7. The van der Waals surface area contributed by atoms with Gasteiger partial charge in [0.1, 0.15) is 5.82 Å². The maximum Gasteiger partial charge on any atom is 0.123 e. The van der Waals surface area contributed by atoms with E-state index in [0.717, 1.165) is 11.3 Å². The van der Waals surface area contributed by atoms with E-state index in [1.165, 1.54) is 12.1 Å². The summed E-state index contributed by atoms with van der Waals surface area (Å²) >= 11 is 5.76. The van der Waals surface area contributed by atoms with Crippen LogP contribution in [-0.2, 0) is 0 Å². The van der Waals surface area contributed by atoms with Crippen LogP contribution in [0.25, 0.3) is 0 Å². The Balaban J connectivity index is 1.97. The number of hydrogen-bond acceptors (Lipinski definition) is 2. The number of halogens is 2. The zero-order valence-corrected chi connectivity index (χ0v) is 9.66. The summed E-state index contributed by atoms with van der Waals surface area (Å²) in [6, 6.07) is 13.3. The molecule has 0 aliphatic rings. The van der Waals surface area contributed by atoms with Crippen LogP contribution in [0.5, 0.6) is 0 Å². The lowest BCUT2D eigenvalue weighted by molar-refractivity contribution is 0.628. The molecule has 2 rings (SSSR count). The second-order valence-corrected chi connectivity index (χ2v) is 3.86. The first-order chi connectivity index (χ1) is 8.24. The van der Waals surface area contributed by atoms with Crippen LogP contribution in [0.4, 0.5) is 10.1 Å².